The Morgan fingerprint density at radius 3 is 2.37 bits per heavy atom. The van der Waals surface area contributed by atoms with Crippen LogP contribution < -0.4 is 5.73 Å². The van der Waals surface area contributed by atoms with Gasteiger partial charge in [0.15, 0.2) is 5.69 Å². The SMILES string of the molecule is Cc1ccc(C(=O)n2nc(C#N)c(C#N)c2N)cc1. The van der Waals surface area contributed by atoms with Crippen LogP contribution in [0.4, 0.5) is 5.82 Å². The first-order valence-corrected chi connectivity index (χ1v) is 5.38. The summed E-state index contributed by atoms with van der Waals surface area (Å²) in [6.45, 7) is 1.90. The van der Waals surface area contributed by atoms with E-state index in [0.717, 1.165) is 10.2 Å². The number of hydrogen-bond acceptors (Lipinski definition) is 5. The minimum absolute atomic E-state index is 0.0806. The molecular weight excluding hydrogens is 242 g/mol. The van der Waals surface area contributed by atoms with E-state index in [4.69, 9.17) is 16.3 Å². The van der Waals surface area contributed by atoms with E-state index in [1.165, 1.54) is 0 Å². The first-order valence-electron chi connectivity index (χ1n) is 5.38. The largest absolute Gasteiger partial charge is 0.382 e. The van der Waals surface area contributed by atoms with Crippen molar-refractivity contribution < 1.29 is 4.79 Å². The highest BCUT2D eigenvalue weighted by Gasteiger charge is 2.20. The molecule has 0 spiro atoms. The molecule has 0 bridgehead atoms. The molecule has 2 aromatic rings. The zero-order valence-corrected chi connectivity index (χ0v) is 10.1. The van der Waals surface area contributed by atoms with Crippen molar-refractivity contribution >= 4 is 11.7 Å². The van der Waals surface area contributed by atoms with E-state index in [2.05, 4.69) is 5.10 Å². The third-order valence-corrected chi connectivity index (χ3v) is 2.63. The van der Waals surface area contributed by atoms with Crippen LogP contribution in [0.5, 0.6) is 0 Å². The van der Waals surface area contributed by atoms with Crippen LogP contribution in [0.2, 0.25) is 0 Å². The lowest BCUT2D eigenvalue weighted by atomic mass is 10.1. The fraction of sp³-hybridized carbons (Fsp3) is 0.0769. The minimum atomic E-state index is -0.476. The second-order valence-electron chi connectivity index (χ2n) is 3.92. The van der Waals surface area contributed by atoms with E-state index >= 15 is 0 Å². The van der Waals surface area contributed by atoms with E-state index in [-0.39, 0.29) is 17.1 Å². The molecule has 92 valence electrons. The Hall–Kier alpha value is -3.12. The maximum atomic E-state index is 12.2. The lowest BCUT2D eigenvalue weighted by molar-refractivity contribution is 0.0948. The third kappa shape index (κ3) is 2.03. The Morgan fingerprint density at radius 2 is 1.89 bits per heavy atom. The number of nitrogens with zero attached hydrogens (tertiary/aromatic N) is 4. The molecule has 6 nitrogen and oxygen atoms in total. The second kappa shape index (κ2) is 4.63. The molecule has 6 heteroatoms. The lowest BCUT2D eigenvalue weighted by Gasteiger charge is -2.02. The Kier molecular flexibility index (Phi) is 3.01. The van der Waals surface area contributed by atoms with Gasteiger partial charge in [0.05, 0.1) is 0 Å². The van der Waals surface area contributed by atoms with Gasteiger partial charge in [0.2, 0.25) is 0 Å². The summed E-state index contributed by atoms with van der Waals surface area (Å²) in [6, 6.07) is 10.3. The van der Waals surface area contributed by atoms with Crippen LogP contribution in [0, 0.1) is 29.6 Å². The van der Waals surface area contributed by atoms with Gasteiger partial charge >= 0.3 is 0 Å². The van der Waals surface area contributed by atoms with Gasteiger partial charge in [-0.05, 0) is 19.1 Å². The molecule has 0 radical (unpaired) electrons. The zero-order valence-electron chi connectivity index (χ0n) is 10.1. The van der Waals surface area contributed by atoms with E-state index < -0.39 is 5.91 Å². The van der Waals surface area contributed by atoms with Gasteiger partial charge in [-0.25, -0.2) is 0 Å². The summed E-state index contributed by atoms with van der Waals surface area (Å²) < 4.78 is 0.877. The molecule has 0 saturated heterocycles. The minimum Gasteiger partial charge on any atom is -0.382 e. The predicted octanol–water partition coefficient (Wildman–Crippen LogP) is 1.21. The van der Waals surface area contributed by atoms with Crippen LogP contribution in [0.25, 0.3) is 0 Å². The van der Waals surface area contributed by atoms with Crippen molar-refractivity contribution in [2.75, 3.05) is 5.73 Å². The Morgan fingerprint density at radius 1 is 1.26 bits per heavy atom. The molecule has 1 aromatic heterocycles. The first kappa shape index (κ1) is 12.3. The average molecular weight is 251 g/mol. The van der Waals surface area contributed by atoms with Crippen molar-refractivity contribution in [3.63, 3.8) is 0 Å². The van der Waals surface area contributed by atoms with Crippen molar-refractivity contribution in [1.82, 2.24) is 9.78 Å². The molecule has 2 rings (SSSR count). The summed E-state index contributed by atoms with van der Waals surface area (Å²) in [6.07, 6.45) is 0. The van der Waals surface area contributed by atoms with Crippen molar-refractivity contribution in [2.24, 2.45) is 0 Å². The first-order chi connectivity index (χ1) is 9.08. The number of nitrogen functional groups attached to an aromatic ring is 1. The van der Waals surface area contributed by atoms with E-state index in [1.54, 1.807) is 36.4 Å². The topological polar surface area (TPSA) is 108 Å². The average Bonchev–Trinajstić information content (AvgIpc) is 2.75. The van der Waals surface area contributed by atoms with Crippen molar-refractivity contribution in [3.05, 3.63) is 46.6 Å². The molecule has 0 fully saturated rings. The summed E-state index contributed by atoms with van der Waals surface area (Å²) in [5.41, 5.74) is 6.83. The highest BCUT2D eigenvalue weighted by molar-refractivity contribution is 5.97. The predicted molar refractivity (Wildman–Crippen MR) is 67.0 cm³/mol. The van der Waals surface area contributed by atoms with Crippen molar-refractivity contribution in [3.8, 4) is 12.1 Å². The van der Waals surface area contributed by atoms with E-state index in [1.807, 2.05) is 6.92 Å². The summed E-state index contributed by atoms with van der Waals surface area (Å²) >= 11 is 0. The number of hydrogen-bond donors (Lipinski definition) is 1. The van der Waals surface area contributed by atoms with Crippen molar-refractivity contribution in [1.29, 1.82) is 10.5 Å². The molecule has 1 aromatic carbocycles. The van der Waals surface area contributed by atoms with E-state index in [9.17, 15) is 4.79 Å². The molecule has 0 amide bonds. The molecule has 0 aliphatic carbocycles. The van der Waals surface area contributed by atoms with Gasteiger partial charge in [-0.1, -0.05) is 17.7 Å². The van der Waals surface area contributed by atoms with Gasteiger partial charge in [0.1, 0.15) is 23.5 Å². The van der Waals surface area contributed by atoms with Crippen LogP contribution in [0.3, 0.4) is 0 Å². The smallest absolute Gasteiger partial charge is 0.280 e. The summed E-state index contributed by atoms with van der Waals surface area (Å²) in [4.78, 5) is 12.2. The van der Waals surface area contributed by atoms with Gasteiger partial charge in [0.25, 0.3) is 5.91 Å². The Labute approximate surface area is 109 Å². The summed E-state index contributed by atoms with van der Waals surface area (Å²) in [5.74, 6) is -0.597. The molecule has 0 aliphatic heterocycles. The number of rotatable bonds is 1. The van der Waals surface area contributed by atoms with Crippen LogP contribution in [0.1, 0.15) is 27.2 Å². The maximum Gasteiger partial charge on any atom is 0.280 e. The van der Waals surface area contributed by atoms with E-state index in [0.29, 0.717) is 5.56 Å². The Balaban J connectivity index is 2.52. The number of benzene rings is 1. The maximum absolute atomic E-state index is 12.2. The summed E-state index contributed by atoms with van der Waals surface area (Å²) in [5, 5.41) is 21.5. The monoisotopic (exact) mass is 251 g/mol. The highest BCUT2D eigenvalue weighted by Crippen LogP contribution is 2.16. The molecule has 1 heterocycles. The Bertz CT molecular complexity index is 728. The number of nitriles is 2. The van der Waals surface area contributed by atoms with Gasteiger partial charge < -0.3 is 5.73 Å². The molecule has 0 atom stereocenters. The molecule has 0 aliphatic rings. The number of carbonyl (C=O) groups excluding carboxylic acids is 1. The quantitative estimate of drug-likeness (QED) is 0.819. The second-order valence-corrected chi connectivity index (χ2v) is 3.92. The highest BCUT2D eigenvalue weighted by atomic mass is 16.2. The molecule has 0 unspecified atom stereocenters. The number of carbonyl (C=O) groups is 1. The molecular formula is C13H9N5O. The zero-order chi connectivity index (χ0) is 14.0. The number of aryl methyl sites for hydroxylation is 1. The van der Waals surface area contributed by atoms with Crippen LogP contribution in [0.15, 0.2) is 24.3 Å². The van der Waals surface area contributed by atoms with Crippen molar-refractivity contribution in [2.45, 2.75) is 6.92 Å². The standard InChI is InChI=1S/C13H9N5O/c1-8-2-4-9(5-3-8)13(19)18-12(16)10(6-14)11(7-15)17-18/h2-5H,16H2,1H3. The number of nitrogens with two attached hydrogens (primary N) is 1. The van der Waals surface area contributed by atoms with Crippen LogP contribution >= 0.6 is 0 Å². The van der Waals surface area contributed by atoms with Gasteiger partial charge in [-0.3, -0.25) is 4.79 Å². The fourth-order valence-corrected chi connectivity index (χ4v) is 1.59. The number of anilines is 1. The molecule has 0 saturated carbocycles. The molecule has 2 N–H and O–H groups in total. The third-order valence-electron chi connectivity index (χ3n) is 2.63. The number of aromatic nitrogens is 2. The van der Waals surface area contributed by atoms with Gasteiger partial charge in [-0.2, -0.15) is 20.3 Å². The molecule has 19 heavy (non-hydrogen) atoms. The van der Waals surface area contributed by atoms with Crippen LogP contribution in [-0.4, -0.2) is 15.7 Å². The van der Waals surface area contributed by atoms with Gasteiger partial charge in [0, 0.05) is 5.56 Å². The fourth-order valence-electron chi connectivity index (χ4n) is 1.59. The lowest BCUT2D eigenvalue weighted by Crippen LogP contribution is -2.16. The van der Waals surface area contributed by atoms with Crippen LogP contribution in [-0.2, 0) is 0 Å². The van der Waals surface area contributed by atoms with Gasteiger partial charge in [-0.15, -0.1) is 0 Å². The normalized spacial score (nSPS) is 9.63. The summed E-state index contributed by atoms with van der Waals surface area (Å²) in [7, 11) is 0.